The predicted molar refractivity (Wildman–Crippen MR) is 101 cm³/mol. The van der Waals surface area contributed by atoms with Crippen LogP contribution >= 0.6 is 15.9 Å². The van der Waals surface area contributed by atoms with E-state index in [0.717, 1.165) is 15.6 Å². The quantitative estimate of drug-likeness (QED) is 0.383. The van der Waals surface area contributed by atoms with E-state index in [1.807, 2.05) is 19.1 Å². The molecule has 0 aromatic heterocycles. The molecule has 2 aromatic rings. The number of rotatable bonds is 6. The van der Waals surface area contributed by atoms with Crippen molar-refractivity contribution in [2.24, 2.45) is 0 Å². The van der Waals surface area contributed by atoms with Crippen molar-refractivity contribution in [2.45, 2.75) is 33.6 Å². The van der Waals surface area contributed by atoms with Crippen LogP contribution in [0.3, 0.4) is 0 Å². The summed E-state index contributed by atoms with van der Waals surface area (Å²) in [6, 6.07) is 10.4. The topological polar surface area (TPSA) is 52.6 Å². The van der Waals surface area contributed by atoms with E-state index < -0.39 is 5.97 Å². The monoisotopic (exact) mass is 404 g/mol. The third kappa shape index (κ3) is 5.16. The average Bonchev–Trinajstić information content (AvgIpc) is 2.55. The first-order valence-electron chi connectivity index (χ1n) is 8.02. The van der Waals surface area contributed by atoms with E-state index in [2.05, 4.69) is 29.8 Å². The first-order chi connectivity index (χ1) is 11.8. The van der Waals surface area contributed by atoms with Crippen LogP contribution in [0.4, 0.5) is 0 Å². The number of benzene rings is 2. The Morgan fingerprint density at radius 2 is 1.76 bits per heavy atom. The number of halogens is 1. The Hall–Kier alpha value is -2.14. The molecule has 0 radical (unpaired) electrons. The van der Waals surface area contributed by atoms with Crippen molar-refractivity contribution in [3.8, 4) is 11.5 Å². The van der Waals surface area contributed by atoms with E-state index in [0.29, 0.717) is 17.1 Å². The lowest BCUT2D eigenvalue weighted by Crippen LogP contribution is -2.18. The summed E-state index contributed by atoms with van der Waals surface area (Å²) >= 11 is 3.52. The van der Waals surface area contributed by atoms with Gasteiger partial charge >= 0.3 is 5.97 Å². The number of Topliss-reactive ketones (excluding diaryl/α,β-unsaturated/α-hetero) is 1. The molecule has 25 heavy (non-hydrogen) atoms. The minimum absolute atomic E-state index is 0.0342. The minimum atomic E-state index is -0.495. The molecular weight excluding hydrogens is 384 g/mol. The van der Waals surface area contributed by atoms with Gasteiger partial charge in [0.25, 0.3) is 0 Å². The first kappa shape index (κ1) is 19.2. The summed E-state index contributed by atoms with van der Waals surface area (Å²) in [5, 5.41) is 0. The van der Waals surface area contributed by atoms with Gasteiger partial charge in [-0.2, -0.15) is 0 Å². The molecule has 0 N–H and O–H groups in total. The molecule has 0 atom stereocenters. The molecule has 0 spiro atoms. The van der Waals surface area contributed by atoms with Gasteiger partial charge in [0.2, 0.25) is 0 Å². The van der Waals surface area contributed by atoms with E-state index in [1.165, 1.54) is 6.92 Å². The Labute approximate surface area is 156 Å². The van der Waals surface area contributed by atoms with Gasteiger partial charge in [-0.15, -0.1) is 0 Å². The molecule has 0 aliphatic rings. The minimum Gasteiger partial charge on any atom is -0.482 e. The van der Waals surface area contributed by atoms with Crippen molar-refractivity contribution in [3.05, 3.63) is 57.6 Å². The van der Waals surface area contributed by atoms with Gasteiger partial charge in [-0.3, -0.25) is 4.79 Å². The van der Waals surface area contributed by atoms with Crippen molar-refractivity contribution >= 4 is 27.7 Å². The van der Waals surface area contributed by atoms with Gasteiger partial charge in [-0.25, -0.2) is 4.79 Å². The van der Waals surface area contributed by atoms with Crippen LogP contribution in [0.1, 0.15) is 48.2 Å². The number of aryl methyl sites for hydroxylation is 1. The molecule has 0 heterocycles. The number of ketones is 1. The molecule has 4 nitrogen and oxygen atoms in total. The summed E-state index contributed by atoms with van der Waals surface area (Å²) in [7, 11) is 0. The lowest BCUT2D eigenvalue weighted by Gasteiger charge is -2.15. The maximum Gasteiger partial charge on any atom is 0.349 e. The highest BCUT2D eigenvalue weighted by molar-refractivity contribution is 9.10. The maximum absolute atomic E-state index is 12.0. The van der Waals surface area contributed by atoms with Gasteiger partial charge in [0, 0.05) is 10.0 Å². The Morgan fingerprint density at radius 1 is 1.12 bits per heavy atom. The van der Waals surface area contributed by atoms with Crippen LogP contribution < -0.4 is 9.47 Å². The molecule has 2 rings (SSSR count). The Morgan fingerprint density at radius 3 is 2.32 bits per heavy atom. The third-order valence-electron chi connectivity index (χ3n) is 3.75. The highest BCUT2D eigenvalue weighted by atomic mass is 79.9. The van der Waals surface area contributed by atoms with E-state index in [4.69, 9.17) is 9.47 Å². The third-order valence-corrected chi connectivity index (χ3v) is 4.61. The summed E-state index contributed by atoms with van der Waals surface area (Å²) < 4.78 is 11.9. The number of ether oxygens (including phenoxy) is 2. The standard InChI is InChI=1S/C20H21BrO4/c1-12(2)17-10-18(21)13(3)9-19(17)24-11-20(23)25-16-7-5-15(6-8-16)14(4)22/h5-10,12H,11H2,1-4H3. The fourth-order valence-corrected chi connectivity index (χ4v) is 2.66. The smallest absolute Gasteiger partial charge is 0.349 e. The molecule has 2 aromatic carbocycles. The van der Waals surface area contributed by atoms with Crippen LogP contribution in [-0.4, -0.2) is 18.4 Å². The number of carbonyl (C=O) groups excluding carboxylic acids is 2. The second-order valence-corrected chi connectivity index (χ2v) is 6.99. The van der Waals surface area contributed by atoms with Crippen molar-refractivity contribution in [2.75, 3.05) is 6.61 Å². The van der Waals surface area contributed by atoms with Crippen molar-refractivity contribution in [3.63, 3.8) is 0 Å². The summed E-state index contributed by atoms with van der Waals surface area (Å²) in [5.41, 5.74) is 2.63. The highest BCUT2D eigenvalue weighted by Crippen LogP contribution is 2.32. The van der Waals surface area contributed by atoms with E-state index in [9.17, 15) is 9.59 Å². The highest BCUT2D eigenvalue weighted by Gasteiger charge is 2.13. The van der Waals surface area contributed by atoms with Gasteiger partial charge in [0.1, 0.15) is 11.5 Å². The van der Waals surface area contributed by atoms with Crippen molar-refractivity contribution in [1.82, 2.24) is 0 Å². The van der Waals surface area contributed by atoms with Crippen LogP contribution in [0.5, 0.6) is 11.5 Å². The average molecular weight is 405 g/mol. The summed E-state index contributed by atoms with van der Waals surface area (Å²) in [5.74, 6) is 0.801. The van der Waals surface area contributed by atoms with Crippen LogP contribution in [-0.2, 0) is 4.79 Å². The molecule has 0 saturated heterocycles. The Kier molecular flexibility index (Phi) is 6.37. The fourth-order valence-electron chi connectivity index (χ4n) is 2.30. The van der Waals surface area contributed by atoms with Gasteiger partial charge in [0.15, 0.2) is 12.4 Å². The van der Waals surface area contributed by atoms with Gasteiger partial charge in [-0.1, -0.05) is 29.8 Å². The van der Waals surface area contributed by atoms with Crippen LogP contribution in [0.2, 0.25) is 0 Å². The van der Waals surface area contributed by atoms with Gasteiger partial charge < -0.3 is 9.47 Å². The zero-order valence-corrected chi connectivity index (χ0v) is 16.3. The zero-order chi connectivity index (χ0) is 18.6. The summed E-state index contributed by atoms with van der Waals surface area (Å²) in [4.78, 5) is 23.3. The molecule has 132 valence electrons. The van der Waals surface area contributed by atoms with Crippen LogP contribution in [0, 0.1) is 6.92 Å². The number of hydrogen-bond acceptors (Lipinski definition) is 4. The number of esters is 1. The van der Waals surface area contributed by atoms with E-state index >= 15 is 0 Å². The largest absolute Gasteiger partial charge is 0.482 e. The summed E-state index contributed by atoms with van der Waals surface area (Å²) in [6.45, 7) is 7.41. The Balaban J connectivity index is 2.02. The predicted octanol–water partition coefficient (Wildman–Crippen LogP) is 5.07. The molecule has 5 heteroatoms. The van der Waals surface area contributed by atoms with Crippen LogP contribution in [0.15, 0.2) is 40.9 Å². The second-order valence-electron chi connectivity index (χ2n) is 6.14. The van der Waals surface area contributed by atoms with Gasteiger partial charge in [0.05, 0.1) is 0 Å². The van der Waals surface area contributed by atoms with Crippen LogP contribution in [0.25, 0.3) is 0 Å². The molecule has 0 amide bonds. The SMILES string of the molecule is CC(=O)c1ccc(OC(=O)COc2cc(C)c(Br)cc2C(C)C)cc1. The molecule has 0 bridgehead atoms. The lowest BCUT2D eigenvalue weighted by molar-refractivity contribution is -0.136. The fraction of sp³-hybridized carbons (Fsp3) is 0.300. The van der Waals surface area contributed by atoms with Gasteiger partial charge in [-0.05, 0) is 67.3 Å². The molecule has 0 unspecified atom stereocenters. The normalized spacial score (nSPS) is 10.6. The molecule has 0 saturated carbocycles. The van der Waals surface area contributed by atoms with E-state index in [-0.39, 0.29) is 18.3 Å². The number of hydrogen-bond donors (Lipinski definition) is 0. The zero-order valence-electron chi connectivity index (χ0n) is 14.8. The molecule has 0 aliphatic carbocycles. The number of carbonyl (C=O) groups is 2. The van der Waals surface area contributed by atoms with E-state index in [1.54, 1.807) is 24.3 Å². The molecule has 0 aliphatic heterocycles. The summed E-state index contributed by atoms with van der Waals surface area (Å²) in [6.07, 6.45) is 0. The maximum atomic E-state index is 12.0. The van der Waals surface area contributed by atoms with Crippen molar-refractivity contribution in [1.29, 1.82) is 0 Å². The molecule has 0 fully saturated rings. The lowest BCUT2D eigenvalue weighted by atomic mass is 10.0. The molecular formula is C20H21BrO4. The first-order valence-corrected chi connectivity index (χ1v) is 8.81. The van der Waals surface area contributed by atoms with Crippen molar-refractivity contribution < 1.29 is 19.1 Å². The second kappa shape index (κ2) is 8.30. The Bertz CT molecular complexity index is 779.